The molecule has 2 aromatic rings. The summed E-state index contributed by atoms with van der Waals surface area (Å²) in [5.74, 6) is 1.19. The van der Waals surface area contributed by atoms with Crippen molar-refractivity contribution in [2.24, 2.45) is 5.92 Å². The average molecular weight is 344 g/mol. The van der Waals surface area contributed by atoms with Crippen LogP contribution in [0.25, 0.3) is 10.1 Å². The second-order valence-corrected chi connectivity index (χ2v) is 8.35. The first-order valence-corrected chi connectivity index (χ1v) is 10.2. The number of ketones is 1. The van der Waals surface area contributed by atoms with Gasteiger partial charge in [-0.3, -0.25) is 9.69 Å². The number of nitrogens with zero attached hydrogens (tertiary/aromatic N) is 1. The van der Waals surface area contributed by atoms with E-state index in [1.165, 1.54) is 47.1 Å². The summed E-state index contributed by atoms with van der Waals surface area (Å²) in [5.41, 5.74) is 0. The number of benzene rings is 1. The molecule has 0 spiro atoms. The smallest absolute Gasteiger partial charge is 0.131 e. The predicted octanol–water partition coefficient (Wildman–Crippen LogP) is 5.82. The second-order valence-electron chi connectivity index (χ2n) is 7.23. The molecular weight excluding hydrogens is 314 g/mol. The highest BCUT2D eigenvalue weighted by molar-refractivity contribution is 7.19. The van der Waals surface area contributed by atoms with E-state index in [0.29, 0.717) is 12.2 Å². The molecule has 0 radical (unpaired) electrons. The molecule has 3 rings (SSSR count). The minimum atomic E-state index is 0.270. The third-order valence-electron chi connectivity index (χ3n) is 5.31. The molecule has 1 aliphatic heterocycles. The van der Waals surface area contributed by atoms with Crippen molar-refractivity contribution in [1.29, 1.82) is 0 Å². The Bertz CT molecular complexity index is 636. The summed E-state index contributed by atoms with van der Waals surface area (Å²) >= 11 is 1.86. The summed E-state index contributed by atoms with van der Waals surface area (Å²) < 4.78 is 1.33. The summed E-state index contributed by atoms with van der Waals surface area (Å²) in [6, 6.07) is 11.1. The molecule has 24 heavy (non-hydrogen) atoms. The molecule has 0 bridgehead atoms. The lowest BCUT2D eigenvalue weighted by molar-refractivity contribution is -0.118. The van der Waals surface area contributed by atoms with Gasteiger partial charge in [0.2, 0.25) is 0 Å². The fourth-order valence-corrected chi connectivity index (χ4v) is 5.09. The number of hydrogen-bond donors (Lipinski definition) is 0. The van der Waals surface area contributed by atoms with E-state index in [-0.39, 0.29) is 6.04 Å². The second kappa shape index (κ2) is 8.26. The van der Waals surface area contributed by atoms with Crippen molar-refractivity contribution in [1.82, 2.24) is 4.90 Å². The number of thiophene rings is 1. The van der Waals surface area contributed by atoms with Gasteiger partial charge >= 0.3 is 0 Å². The van der Waals surface area contributed by atoms with Crippen LogP contribution >= 0.6 is 11.3 Å². The number of rotatable bonds is 7. The molecule has 3 heteroatoms. The lowest BCUT2D eigenvalue weighted by Crippen LogP contribution is -2.37. The van der Waals surface area contributed by atoms with Crippen molar-refractivity contribution in [3.63, 3.8) is 0 Å². The van der Waals surface area contributed by atoms with Crippen molar-refractivity contribution in [3.8, 4) is 0 Å². The van der Waals surface area contributed by atoms with Gasteiger partial charge in [0.05, 0.1) is 6.04 Å². The predicted molar refractivity (Wildman–Crippen MR) is 104 cm³/mol. The number of carbonyl (C=O) groups excluding carboxylic acids is 1. The highest BCUT2D eigenvalue weighted by Gasteiger charge is 2.28. The zero-order valence-electron chi connectivity index (χ0n) is 15.0. The van der Waals surface area contributed by atoms with E-state index < -0.39 is 0 Å². The Morgan fingerprint density at radius 1 is 1.29 bits per heavy atom. The van der Waals surface area contributed by atoms with Crippen molar-refractivity contribution in [2.45, 2.75) is 58.4 Å². The van der Waals surface area contributed by atoms with Crippen molar-refractivity contribution in [3.05, 3.63) is 35.2 Å². The summed E-state index contributed by atoms with van der Waals surface area (Å²) in [4.78, 5) is 15.8. The first kappa shape index (κ1) is 17.6. The van der Waals surface area contributed by atoms with Crippen LogP contribution in [0.3, 0.4) is 0 Å². The number of fused-ring (bicyclic) bond motifs is 1. The maximum absolute atomic E-state index is 11.9. The third kappa shape index (κ3) is 4.25. The zero-order chi connectivity index (χ0) is 16.9. The molecule has 130 valence electrons. The van der Waals surface area contributed by atoms with Gasteiger partial charge in [-0.25, -0.2) is 0 Å². The lowest BCUT2D eigenvalue weighted by Gasteiger charge is -2.37. The van der Waals surface area contributed by atoms with Gasteiger partial charge in [0.1, 0.15) is 5.78 Å². The van der Waals surface area contributed by atoms with Crippen LogP contribution in [0.4, 0.5) is 0 Å². The molecule has 1 aromatic carbocycles. The molecule has 0 N–H and O–H groups in total. The van der Waals surface area contributed by atoms with Gasteiger partial charge in [0.15, 0.2) is 0 Å². The van der Waals surface area contributed by atoms with E-state index >= 15 is 0 Å². The number of piperidine rings is 1. The number of Topliss-reactive ketones (excluding diaryl/α,β-unsaturated/α-hetero) is 1. The highest BCUT2D eigenvalue weighted by Crippen LogP contribution is 2.37. The molecule has 1 aliphatic rings. The van der Waals surface area contributed by atoms with Crippen LogP contribution < -0.4 is 0 Å². The van der Waals surface area contributed by atoms with Gasteiger partial charge in [-0.05, 0) is 56.3 Å². The van der Waals surface area contributed by atoms with Crippen LogP contribution in [0.5, 0.6) is 0 Å². The molecule has 1 fully saturated rings. The molecule has 1 unspecified atom stereocenters. The van der Waals surface area contributed by atoms with E-state index in [1.54, 1.807) is 6.92 Å². The Morgan fingerprint density at radius 2 is 2.04 bits per heavy atom. The summed E-state index contributed by atoms with van der Waals surface area (Å²) in [6.45, 7) is 6.29. The van der Waals surface area contributed by atoms with Gasteiger partial charge in [0, 0.05) is 16.0 Å². The first-order valence-electron chi connectivity index (χ1n) is 9.39. The van der Waals surface area contributed by atoms with Gasteiger partial charge in [-0.1, -0.05) is 44.4 Å². The Labute approximate surface area is 149 Å². The largest absolute Gasteiger partial charge is 0.300 e. The van der Waals surface area contributed by atoms with E-state index in [1.807, 2.05) is 11.3 Å². The van der Waals surface area contributed by atoms with Crippen LogP contribution in [0.15, 0.2) is 30.3 Å². The number of carbonyl (C=O) groups is 1. The zero-order valence-corrected chi connectivity index (χ0v) is 15.8. The Morgan fingerprint density at radius 3 is 2.71 bits per heavy atom. The minimum Gasteiger partial charge on any atom is -0.300 e. The van der Waals surface area contributed by atoms with Crippen LogP contribution in [-0.2, 0) is 4.79 Å². The van der Waals surface area contributed by atoms with Crippen molar-refractivity contribution in [2.75, 3.05) is 13.1 Å². The van der Waals surface area contributed by atoms with Crippen molar-refractivity contribution < 1.29 is 4.79 Å². The number of hydrogen-bond acceptors (Lipinski definition) is 3. The first-order chi connectivity index (χ1) is 11.7. The van der Waals surface area contributed by atoms with Crippen LogP contribution in [0, 0.1) is 5.92 Å². The molecule has 1 aromatic heterocycles. The van der Waals surface area contributed by atoms with Crippen LogP contribution in [0.1, 0.15) is 63.3 Å². The maximum Gasteiger partial charge on any atom is 0.131 e. The normalized spacial score (nSPS) is 18.1. The molecule has 1 atom stereocenters. The van der Waals surface area contributed by atoms with E-state index in [2.05, 4.69) is 42.2 Å². The number of unbranched alkanes of at least 4 members (excludes halogenated alkanes) is 1. The van der Waals surface area contributed by atoms with Crippen molar-refractivity contribution >= 4 is 27.2 Å². The van der Waals surface area contributed by atoms with Gasteiger partial charge in [-0.2, -0.15) is 0 Å². The molecule has 0 amide bonds. The summed E-state index contributed by atoms with van der Waals surface area (Å²) in [5, 5.41) is 1.31. The minimum absolute atomic E-state index is 0.270. The van der Waals surface area contributed by atoms with Crippen LogP contribution in [0.2, 0.25) is 0 Å². The van der Waals surface area contributed by atoms with E-state index in [9.17, 15) is 4.79 Å². The summed E-state index contributed by atoms with van der Waals surface area (Å²) in [6.07, 6.45) is 7.27. The fraction of sp³-hybridized carbons (Fsp3) is 0.571. The molecule has 0 saturated carbocycles. The molecule has 1 saturated heterocycles. The van der Waals surface area contributed by atoms with E-state index in [4.69, 9.17) is 0 Å². The number of likely N-dealkylation sites (tertiary alicyclic amines) is 1. The van der Waals surface area contributed by atoms with Gasteiger partial charge in [0.25, 0.3) is 0 Å². The quantitative estimate of drug-likeness (QED) is 0.631. The van der Waals surface area contributed by atoms with Gasteiger partial charge < -0.3 is 0 Å². The highest BCUT2D eigenvalue weighted by atomic mass is 32.1. The van der Waals surface area contributed by atoms with E-state index in [0.717, 1.165) is 19.0 Å². The Kier molecular flexibility index (Phi) is 6.07. The summed E-state index contributed by atoms with van der Waals surface area (Å²) in [7, 11) is 0. The van der Waals surface area contributed by atoms with Gasteiger partial charge in [-0.15, -0.1) is 11.3 Å². The molecule has 2 heterocycles. The Balaban J connectivity index is 1.73. The molecule has 2 nitrogen and oxygen atoms in total. The van der Waals surface area contributed by atoms with Crippen LogP contribution in [-0.4, -0.2) is 23.8 Å². The molecule has 0 aliphatic carbocycles. The lowest BCUT2D eigenvalue weighted by atomic mass is 9.90. The SMILES string of the molecule is CCCCC1CCN(C(CC(C)=O)c2cc3ccccc3s2)CC1. The third-order valence-corrected chi connectivity index (χ3v) is 6.53. The molecular formula is C21H29NOS. The standard InChI is InChI=1S/C21H29NOS/c1-3-4-7-17-10-12-22(13-11-17)19(14-16(2)23)21-15-18-8-5-6-9-20(18)24-21/h5-6,8-9,15,17,19H,3-4,7,10-14H2,1-2H3. The Hall–Kier alpha value is -1.19. The maximum atomic E-state index is 11.9. The fourth-order valence-electron chi connectivity index (χ4n) is 3.89. The monoisotopic (exact) mass is 343 g/mol. The topological polar surface area (TPSA) is 20.3 Å². The average Bonchev–Trinajstić information content (AvgIpc) is 3.02.